The van der Waals surface area contributed by atoms with Crippen LogP contribution in [0.2, 0.25) is 0 Å². The minimum absolute atomic E-state index is 0.813. The van der Waals surface area contributed by atoms with Gasteiger partial charge in [0.25, 0.3) is 0 Å². The molecule has 2 aromatic rings. The molecule has 0 aliphatic carbocycles. The van der Waals surface area contributed by atoms with E-state index >= 15 is 0 Å². The molecule has 1 aromatic carbocycles. The highest BCUT2D eigenvalue weighted by atomic mass is 16.3. The standard InChI is InChI=1S/C17H24N2O/c1-4-18-11-15-10-16(20-13-15)12-19(5-2)17-9-7-6-8-14(17)3/h6-10,13,18H,4-5,11-12H2,1-3H3. The molecule has 0 saturated carbocycles. The van der Waals surface area contributed by atoms with Crippen LogP contribution in [0.3, 0.4) is 0 Å². The van der Waals surface area contributed by atoms with Gasteiger partial charge in [0, 0.05) is 24.3 Å². The van der Waals surface area contributed by atoms with Gasteiger partial charge in [-0.15, -0.1) is 0 Å². The molecule has 0 bridgehead atoms. The minimum atomic E-state index is 0.813. The second-order valence-electron chi connectivity index (χ2n) is 5.00. The number of aryl methyl sites for hydroxylation is 1. The Morgan fingerprint density at radius 1 is 1.20 bits per heavy atom. The van der Waals surface area contributed by atoms with Crippen LogP contribution in [0.15, 0.2) is 41.0 Å². The Hall–Kier alpha value is -1.74. The van der Waals surface area contributed by atoms with Gasteiger partial charge in [-0.1, -0.05) is 25.1 Å². The maximum absolute atomic E-state index is 5.67. The molecule has 1 aromatic heterocycles. The second kappa shape index (κ2) is 7.15. The number of para-hydroxylation sites is 1. The predicted molar refractivity (Wildman–Crippen MR) is 84.0 cm³/mol. The molecule has 0 fully saturated rings. The highest BCUT2D eigenvalue weighted by Crippen LogP contribution is 2.22. The summed E-state index contributed by atoms with van der Waals surface area (Å²) in [6.07, 6.45) is 1.85. The quantitative estimate of drug-likeness (QED) is 0.832. The van der Waals surface area contributed by atoms with Gasteiger partial charge < -0.3 is 14.6 Å². The Morgan fingerprint density at radius 3 is 2.70 bits per heavy atom. The van der Waals surface area contributed by atoms with Crippen LogP contribution in [0.4, 0.5) is 5.69 Å². The number of rotatable bonds is 7. The van der Waals surface area contributed by atoms with Crippen LogP contribution >= 0.6 is 0 Å². The van der Waals surface area contributed by atoms with Crippen molar-refractivity contribution in [1.29, 1.82) is 0 Å². The molecule has 0 amide bonds. The fourth-order valence-corrected chi connectivity index (χ4v) is 2.34. The molecule has 20 heavy (non-hydrogen) atoms. The minimum Gasteiger partial charge on any atom is -0.467 e. The molecule has 0 aliphatic rings. The number of nitrogens with one attached hydrogen (secondary N) is 1. The molecule has 108 valence electrons. The van der Waals surface area contributed by atoms with Crippen LogP contribution in [0.25, 0.3) is 0 Å². The summed E-state index contributed by atoms with van der Waals surface area (Å²) in [6.45, 7) is 10.1. The lowest BCUT2D eigenvalue weighted by molar-refractivity contribution is 0.501. The highest BCUT2D eigenvalue weighted by molar-refractivity contribution is 5.52. The zero-order valence-corrected chi connectivity index (χ0v) is 12.6. The van der Waals surface area contributed by atoms with Crippen LogP contribution in [-0.2, 0) is 13.1 Å². The van der Waals surface area contributed by atoms with Gasteiger partial charge in [0.1, 0.15) is 5.76 Å². The van der Waals surface area contributed by atoms with E-state index in [0.29, 0.717) is 0 Å². The molecule has 2 rings (SSSR count). The van der Waals surface area contributed by atoms with E-state index < -0.39 is 0 Å². The molecule has 0 radical (unpaired) electrons. The van der Waals surface area contributed by atoms with Crippen LogP contribution in [-0.4, -0.2) is 13.1 Å². The molecule has 0 atom stereocenters. The summed E-state index contributed by atoms with van der Waals surface area (Å²) < 4.78 is 5.67. The van der Waals surface area contributed by atoms with Crippen molar-refractivity contribution in [2.24, 2.45) is 0 Å². The zero-order valence-electron chi connectivity index (χ0n) is 12.6. The molecule has 3 nitrogen and oxygen atoms in total. The molecule has 0 saturated heterocycles. The average molecular weight is 272 g/mol. The van der Waals surface area contributed by atoms with Crippen molar-refractivity contribution >= 4 is 5.69 Å². The van der Waals surface area contributed by atoms with Gasteiger partial charge in [-0.25, -0.2) is 0 Å². The van der Waals surface area contributed by atoms with E-state index in [9.17, 15) is 0 Å². The number of furan rings is 1. The molecule has 3 heteroatoms. The van der Waals surface area contributed by atoms with Crippen molar-refractivity contribution in [2.45, 2.75) is 33.9 Å². The molecule has 0 aliphatic heterocycles. The van der Waals surface area contributed by atoms with Gasteiger partial charge >= 0.3 is 0 Å². The lowest BCUT2D eigenvalue weighted by atomic mass is 10.1. The molecule has 1 N–H and O–H groups in total. The third kappa shape index (κ3) is 3.64. The van der Waals surface area contributed by atoms with E-state index in [0.717, 1.165) is 31.9 Å². The number of nitrogens with zero attached hydrogens (tertiary/aromatic N) is 1. The summed E-state index contributed by atoms with van der Waals surface area (Å²) in [6, 6.07) is 10.6. The fourth-order valence-electron chi connectivity index (χ4n) is 2.34. The summed E-state index contributed by atoms with van der Waals surface area (Å²) in [4.78, 5) is 2.34. The van der Waals surface area contributed by atoms with Crippen molar-refractivity contribution in [3.8, 4) is 0 Å². The Bertz CT molecular complexity index is 533. The summed E-state index contributed by atoms with van der Waals surface area (Å²) in [5.41, 5.74) is 3.79. The van der Waals surface area contributed by atoms with Crippen molar-refractivity contribution in [3.63, 3.8) is 0 Å². The summed E-state index contributed by atoms with van der Waals surface area (Å²) in [5.74, 6) is 1.02. The maximum atomic E-state index is 5.67. The van der Waals surface area contributed by atoms with E-state index in [4.69, 9.17) is 4.42 Å². The number of hydrogen-bond acceptors (Lipinski definition) is 3. The van der Waals surface area contributed by atoms with Gasteiger partial charge in [0.05, 0.1) is 12.8 Å². The monoisotopic (exact) mass is 272 g/mol. The average Bonchev–Trinajstić information content (AvgIpc) is 2.91. The van der Waals surface area contributed by atoms with Crippen LogP contribution < -0.4 is 10.2 Å². The van der Waals surface area contributed by atoms with Crippen LogP contribution in [0, 0.1) is 6.92 Å². The third-order valence-corrected chi connectivity index (χ3v) is 3.47. The van der Waals surface area contributed by atoms with Crippen LogP contribution in [0.5, 0.6) is 0 Å². The number of anilines is 1. The van der Waals surface area contributed by atoms with Gasteiger partial charge in [-0.2, -0.15) is 0 Å². The smallest absolute Gasteiger partial charge is 0.123 e. The normalized spacial score (nSPS) is 10.8. The number of hydrogen-bond donors (Lipinski definition) is 1. The third-order valence-electron chi connectivity index (χ3n) is 3.47. The molecular formula is C17H24N2O. The van der Waals surface area contributed by atoms with Crippen molar-refractivity contribution in [3.05, 3.63) is 53.5 Å². The topological polar surface area (TPSA) is 28.4 Å². The first-order chi connectivity index (χ1) is 9.74. The summed E-state index contributed by atoms with van der Waals surface area (Å²) in [5, 5.41) is 3.31. The van der Waals surface area contributed by atoms with Crippen molar-refractivity contribution in [1.82, 2.24) is 5.32 Å². The van der Waals surface area contributed by atoms with E-state index in [-0.39, 0.29) is 0 Å². The van der Waals surface area contributed by atoms with E-state index in [1.165, 1.54) is 16.8 Å². The first kappa shape index (κ1) is 14.7. The van der Waals surface area contributed by atoms with Gasteiger partial charge in [-0.3, -0.25) is 0 Å². The van der Waals surface area contributed by atoms with Gasteiger partial charge in [0.15, 0.2) is 0 Å². The Morgan fingerprint density at radius 2 is 2.00 bits per heavy atom. The Kier molecular flexibility index (Phi) is 5.24. The van der Waals surface area contributed by atoms with Crippen molar-refractivity contribution < 1.29 is 4.42 Å². The second-order valence-corrected chi connectivity index (χ2v) is 5.00. The maximum Gasteiger partial charge on any atom is 0.123 e. The van der Waals surface area contributed by atoms with E-state index in [1.807, 2.05) is 6.26 Å². The Labute approximate surface area is 121 Å². The van der Waals surface area contributed by atoms with Gasteiger partial charge in [-0.05, 0) is 38.1 Å². The molecule has 0 unspecified atom stereocenters. The van der Waals surface area contributed by atoms with Crippen LogP contribution in [0.1, 0.15) is 30.7 Å². The SMILES string of the molecule is CCNCc1coc(CN(CC)c2ccccc2C)c1. The van der Waals surface area contributed by atoms with Gasteiger partial charge in [0.2, 0.25) is 0 Å². The highest BCUT2D eigenvalue weighted by Gasteiger charge is 2.10. The Balaban J connectivity index is 2.07. The lowest BCUT2D eigenvalue weighted by Crippen LogP contribution is -2.22. The molecule has 0 spiro atoms. The molecular weight excluding hydrogens is 248 g/mol. The summed E-state index contributed by atoms with van der Waals surface area (Å²) >= 11 is 0. The van der Waals surface area contributed by atoms with E-state index in [2.05, 4.69) is 61.3 Å². The zero-order chi connectivity index (χ0) is 14.4. The van der Waals surface area contributed by atoms with E-state index in [1.54, 1.807) is 0 Å². The molecule has 1 heterocycles. The summed E-state index contributed by atoms with van der Waals surface area (Å²) in [7, 11) is 0. The first-order valence-electron chi connectivity index (χ1n) is 7.32. The van der Waals surface area contributed by atoms with Crippen molar-refractivity contribution in [2.75, 3.05) is 18.0 Å². The lowest BCUT2D eigenvalue weighted by Gasteiger charge is -2.23. The predicted octanol–water partition coefficient (Wildman–Crippen LogP) is 3.72. The number of benzene rings is 1. The fraction of sp³-hybridized carbons (Fsp3) is 0.412. The largest absolute Gasteiger partial charge is 0.467 e. The first-order valence-corrected chi connectivity index (χ1v) is 7.32.